The predicted molar refractivity (Wildman–Crippen MR) is 50.2 cm³/mol. The van der Waals surface area contributed by atoms with Crippen LogP contribution in [0.4, 0.5) is 0 Å². The first-order chi connectivity index (χ1) is 4.99. The highest BCUT2D eigenvalue weighted by Crippen LogP contribution is 2.24. The summed E-state index contributed by atoms with van der Waals surface area (Å²) in [6, 6.07) is 0. The van der Waals surface area contributed by atoms with Crippen LogP contribution in [-0.2, 0) is 4.74 Å². The van der Waals surface area contributed by atoms with Crippen LogP contribution in [0.25, 0.3) is 0 Å². The first kappa shape index (κ1) is 11.8. The molecule has 3 nitrogen and oxygen atoms in total. The fourth-order valence-electron chi connectivity index (χ4n) is 1.08. The van der Waals surface area contributed by atoms with Crippen LogP contribution in [0.15, 0.2) is 11.8 Å². The molecule has 1 rings (SSSR count). The molecule has 1 N–H and O–H groups in total. The van der Waals surface area contributed by atoms with Crippen molar-refractivity contribution in [2.45, 2.75) is 19.1 Å². The van der Waals surface area contributed by atoms with Gasteiger partial charge in [0.15, 0.2) is 0 Å². The highest BCUT2D eigenvalue weighted by atomic mass is 35.5. The Balaban J connectivity index is 0.00000121. The lowest BCUT2D eigenvalue weighted by Crippen LogP contribution is -2.24. The monoisotopic (exact) mass is 193 g/mol. The third-order valence-electron chi connectivity index (χ3n) is 1.53. The van der Waals surface area contributed by atoms with Crippen LogP contribution in [0.5, 0.6) is 0 Å². The predicted octanol–water partition coefficient (Wildman–Crippen LogP) is 0.982. The number of rotatable bonds is 2. The van der Waals surface area contributed by atoms with Crippen LogP contribution >= 0.6 is 12.4 Å². The van der Waals surface area contributed by atoms with Gasteiger partial charge in [-0.05, 0) is 20.2 Å². The fraction of sp³-hybridized carbons (Fsp3) is 0.750. The molecule has 0 radical (unpaired) electrons. The molecule has 12 heavy (non-hydrogen) atoms. The van der Waals surface area contributed by atoms with Crippen molar-refractivity contribution >= 4 is 12.4 Å². The zero-order valence-corrected chi connectivity index (χ0v) is 8.52. The molecule has 0 aromatic heterocycles. The van der Waals surface area contributed by atoms with E-state index in [1.54, 1.807) is 6.92 Å². The molecule has 0 saturated heterocycles. The van der Waals surface area contributed by atoms with Gasteiger partial charge in [-0.2, -0.15) is 0 Å². The molecule has 1 aliphatic rings. The number of hydrogen-bond acceptors (Lipinski definition) is 3. The molecule has 0 saturated carbocycles. The Morgan fingerprint density at radius 3 is 2.58 bits per heavy atom. The van der Waals surface area contributed by atoms with E-state index in [0.717, 1.165) is 12.3 Å². The molecule has 1 unspecified atom stereocenters. The molecular weight excluding hydrogens is 178 g/mol. The van der Waals surface area contributed by atoms with E-state index in [4.69, 9.17) is 4.74 Å². The Morgan fingerprint density at radius 2 is 2.25 bits per heavy atom. The van der Waals surface area contributed by atoms with Gasteiger partial charge in [0.1, 0.15) is 5.76 Å². The van der Waals surface area contributed by atoms with Gasteiger partial charge in [0, 0.05) is 13.3 Å². The summed E-state index contributed by atoms with van der Waals surface area (Å²) in [5.41, 5.74) is 0. The van der Waals surface area contributed by atoms with Crippen molar-refractivity contribution in [1.82, 2.24) is 4.90 Å². The summed E-state index contributed by atoms with van der Waals surface area (Å²) >= 11 is 0. The molecule has 1 heterocycles. The minimum atomic E-state index is -0.967. The minimum absolute atomic E-state index is 0. The fourth-order valence-corrected chi connectivity index (χ4v) is 1.08. The molecule has 0 aromatic carbocycles. The van der Waals surface area contributed by atoms with E-state index in [0.29, 0.717) is 6.42 Å². The topological polar surface area (TPSA) is 32.7 Å². The average molecular weight is 194 g/mol. The minimum Gasteiger partial charge on any atom is -0.466 e. The molecule has 0 aliphatic carbocycles. The summed E-state index contributed by atoms with van der Waals surface area (Å²) in [5, 5.41) is 9.38. The maximum Gasteiger partial charge on any atom is 0.208 e. The second-order valence-corrected chi connectivity index (χ2v) is 3.39. The van der Waals surface area contributed by atoms with Crippen LogP contribution in [0.2, 0.25) is 0 Å². The van der Waals surface area contributed by atoms with Gasteiger partial charge in [-0.25, -0.2) is 0 Å². The zero-order chi connectivity index (χ0) is 8.48. The van der Waals surface area contributed by atoms with E-state index >= 15 is 0 Å². The quantitative estimate of drug-likeness (QED) is 0.710. The van der Waals surface area contributed by atoms with Gasteiger partial charge in [0.2, 0.25) is 5.79 Å². The van der Waals surface area contributed by atoms with Crippen molar-refractivity contribution in [3.8, 4) is 0 Å². The molecule has 1 atom stereocenters. The standard InChI is InChI=1S/C8H15NO2.ClH/c1-8(10)5-4-7(11-8)6-9(2)3;/h4,10H,5-6H2,1-3H3;1H. The first-order valence-electron chi connectivity index (χ1n) is 3.75. The van der Waals surface area contributed by atoms with Gasteiger partial charge in [-0.3, -0.25) is 0 Å². The summed E-state index contributed by atoms with van der Waals surface area (Å²) in [4.78, 5) is 2.01. The van der Waals surface area contributed by atoms with Crippen LogP contribution in [0.1, 0.15) is 13.3 Å². The lowest BCUT2D eigenvalue weighted by atomic mass is 10.2. The van der Waals surface area contributed by atoms with Crippen LogP contribution in [0.3, 0.4) is 0 Å². The second kappa shape index (κ2) is 4.12. The van der Waals surface area contributed by atoms with E-state index in [-0.39, 0.29) is 12.4 Å². The largest absolute Gasteiger partial charge is 0.466 e. The van der Waals surface area contributed by atoms with Crippen molar-refractivity contribution in [1.29, 1.82) is 0 Å². The highest BCUT2D eigenvalue weighted by molar-refractivity contribution is 5.85. The normalized spacial score (nSPS) is 27.9. The van der Waals surface area contributed by atoms with Crippen LogP contribution < -0.4 is 0 Å². The molecule has 0 fully saturated rings. The van der Waals surface area contributed by atoms with E-state index in [1.807, 2.05) is 25.1 Å². The number of nitrogens with zero attached hydrogens (tertiary/aromatic N) is 1. The maximum atomic E-state index is 9.38. The summed E-state index contributed by atoms with van der Waals surface area (Å²) in [7, 11) is 3.94. The Bertz CT molecular complexity index is 178. The highest BCUT2D eigenvalue weighted by Gasteiger charge is 2.27. The second-order valence-electron chi connectivity index (χ2n) is 3.39. The van der Waals surface area contributed by atoms with E-state index in [9.17, 15) is 5.11 Å². The average Bonchev–Trinajstić information content (AvgIpc) is 2.08. The Hall–Kier alpha value is -0.250. The number of likely N-dealkylation sites (N-methyl/N-ethyl adjacent to an activating group) is 1. The Kier molecular flexibility index (Phi) is 4.03. The molecule has 0 aromatic rings. The summed E-state index contributed by atoms with van der Waals surface area (Å²) in [5.74, 6) is -0.106. The lowest BCUT2D eigenvalue weighted by molar-refractivity contribution is -0.146. The molecule has 0 amide bonds. The number of hydrogen-bond donors (Lipinski definition) is 1. The van der Waals surface area contributed by atoms with Crippen molar-refractivity contribution in [2.75, 3.05) is 20.6 Å². The van der Waals surface area contributed by atoms with Gasteiger partial charge < -0.3 is 14.7 Å². The smallest absolute Gasteiger partial charge is 0.208 e. The van der Waals surface area contributed by atoms with E-state index in [2.05, 4.69) is 0 Å². The third-order valence-corrected chi connectivity index (χ3v) is 1.53. The summed E-state index contributed by atoms with van der Waals surface area (Å²) in [6.07, 6.45) is 2.52. The number of halogens is 1. The zero-order valence-electron chi connectivity index (χ0n) is 7.70. The number of ether oxygens (including phenoxy) is 1. The van der Waals surface area contributed by atoms with Crippen molar-refractivity contribution < 1.29 is 9.84 Å². The van der Waals surface area contributed by atoms with Crippen LogP contribution in [-0.4, -0.2) is 36.4 Å². The van der Waals surface area contributed by atoms with Gasteiger partial charge in [-0.15, -0.1) is 12.4 Å². The third kappa shape index (κ3) is 3.43. The van der Waals surface area contributed by atoms with Gasteiger partial charge in [0.05, 0.1) is 6.54 Å². The molecule has 0 spiro atoms. The van der Waals surface area contributed by atoms with Gasteiger partial charge >= 0.3 is 0 Å². The van der Waals surface area contributed by atoms with Crippen molar-refractivity contribution in [2.24, 2.45) is 0 Å². The summed E-state index contributed by atoms with van der Waals surface area (Å²) in [6.45, 7) is 2.43. The van der Waals surface area contributed by atoms with Gasteiger partial charge in [0.25, 0.3) is 0 Å². The molecule has 4 heteroatoms. The molecule has 0 bridgehead atoms. The maximum absolute atomic E-state index is 9.38. The first-order valence-corrected chi connectivity index (χ1v) is 3.75. The van der Waals surface area contributed by atoms with E-state index < -0.39 is 5.79 Å². The van der Waals surface area contributed by atoms with E-state index in [1.165, 1.54) is 0 Å². The van der Waals surface area contributed by atoms with Crippen LogP contribution in [0, 0.1) is 0 Å². The Morgan fingerprint density at radius 1 is 1.67 bits per heavy atom. The SMILES string of the molecule is CN(C)CC1=CCC(C)(O)O1.Cl. The Labute approximate surface area is 79.4 Å². The molecule has 72 valence electrons. The van der Waals surface area contributed by atoms with Crippen molar-refractivity contribution in [3.63, 3.8) is 0 Å². The number of aliphatic hydroxyl groups is 1. The summed E-state index contributed by atoms with van der Waals surface area (Å²) < 4.78 is 5.23. The molecular formula is C8H16ClNO2. The van der Waals surface area contributed by atoms with Gasteiger partial charge in [-0.1, -0.05) is 0 Å². The van der Waals surface area contributed by atoms with Crippen molar-refractivity contribution in [3.05, 3.63) is 11.8 Å². The lowest BCUT2D eigenvalue weighted by Gasteiger charge is -2.19. The molecule has 1 aliphatic heterocycles.